The summed E-state index contributed by atoms with van der Waals surface area (Å²) in [6.07, 6.45) is 3.39. The summed E-state index contributed by atoms with van der Waals surface area (Å²) in [5, 5.41) is 14.2. The minimum Gasteiger partial charge on any atom is -0.354 e. The molecule has 0 spiro atoms. The van der Waals surface area contributed by atoms with E-state index < -0.39 is 4.92 Å². The fourth-order valence-corrected chi connectivity index (χ4v) is 2.70. The minimum absolute atomic E-state index is 0.0146. The average molecular weight is 279 g/mol. The van der Waals surface area contributed by atoms with Crippen molar-refractivity contribution in [2.45, 2.75) is 39.7 Å². The summed E-state index contributed by atoms with van der Waals surface area (Å²) in [6, 6.07) is 0.304. The number of hydrogen-bond acceptors (Lipinski definition) is 6. The Hall–Kier alpha value is -1.92. The highest BCUT2D eigenvalue weighted by atomic mass is 16.6. The van der Waals surface area contributed by atoms with Crippen molar-refractivity contribution in [3.05, 3.63) is 16.3 Å². The number of nitrogens with one attached hydrogen (secondary N) is 1. The van der Waals surface area contributed by atoms with Crippen LogP contribution in [0.5, 0.6) is 0 Å². The number of anilines is 2. The minimum atomic E-state index is -0.402. The molecule has 0 aromatic carbocycles. The first-order valence-electron chi connectivity index (χ1n) is 7.06. The molecular weight excluding hydrogens is 258 g/mol. The lowest BCUT2D eigenvalue weighted by Gasteiger charge is -2.28. The standard InChI is InChI=1S/C13H21N5O2/c1-4-14-13-15-8-11(18(19)20)12(16-13)17-7-5-6-10(17)9(2)3/h8-10H,4-7H2,1-3H3,(H,14,15,16). The molecule has 1 aromatic rings. The molecule has 1 unspecified atom stereocenters. The third kappa shape index (κ3) is 2.81. The molecule has 0 saturated carbocycles. The van der Waals surface area contributed by atoms with Gasteiger partial charge in [0.05, 0.1) is 4.92 Å². The molecule has 1 aliphatic rings. The predicted octanol–water partition coefficient (Wildman–Crippen LogP) is 2.44. The lowest BCUT2D eigenvalue weighted by Crippen LogP contribution is -2.34. The maximum Gasteiger partial charge on any atom is 0.329 e. The van der Waals surface area contributed by atoms with Crippen molar-refractivity contribution in [3.8, 4) is 0 Å². The van der Waals surface area contributed by atoms with Crippen LogP contribution >= 0.6 is 0 Å². The van der Waals surface area contributed by atoms with Crippen LogP contribution in [0, 0.1) is 16.0 Å². The predicted molar refractivity (Wildman–Crippen MR) is 78.1 cm³/mol. The molecule has 0 aliphatic carbocycles. The molecule has 1 aliphatic heterocycles. The normalized spacial score (nSPS) is 18.6. The van der Waals surface area contributed by atoms with Crippen molar-refractivity contribution in [3.63, 3.8) is 0 Å². The molecule has 1 saturated heterocycles. The number of nitro groups is 1. The molecule has 7 nitrogen and oxygen atoms in total. The summed E-state index contributed by atoms with van der Waals surface area (Å²) in [6.45, 7) is 7.72. The third-order valence-electron chi connectivity index (χ3n) is 3.62. The first-order valence-corrected chi connectivity index (χ1v) is 7.06. The van der Waals surface area contributed by atoms with Crippen LogP contribution in [0.25, 0.3) is 0 Å². The van der Waals surface area contributed by atoms with E-state index in [-0.39, 0.29) is 5.69 Å². The first kappa shape index (κ1) is 14.5. The lowest BCUT2D eigenvalue weighted by molar-refractivity contribution is -0.384. The number of nitrogens with zero attached hydrogens (tertiary/aromatic N) is 4. The summed E-state index contributed by atoms with van der Waals surface area (Å²) in [5.41, 5.74) is -0.0146. The second-order valence-electron chi connectivity index (χ2n) is 5.34. The zero-order chi connectivity index (χ0) is 14.7. The SMILES string of the molecule is CCNc1ncc([N+](=O)[O-])c(N2CCCC2C(C)C)n1. The molecule has 20 heavy (non-hydrogen) atoms. The Morgan fingerprint density at radius 2 is 2.35 bits per heavy atom. The Morgan fingerprint density at radius 3 is 2.95 bits per heavy atom. The van der Waals surface area contributed by atoms with Gasteiger partial charge >= 0.3 is 5.69 Å². The molecule has 1 N–H and O–H groups in total. The Bertz CT molecular complexity index is 492. The van der Waals surface area contributed by atoms with Crippen molar-refractivity contribution >= 4 is 17.5 Å². The van der Waals surface area contributed by atoms with E-state index in [0.717, 1.165) is 19.4 Å². The van der Waals surface area contributed by atoms with Gasteiger partial charge in [0.1, 0.15) is 6.20 Å². The third-order valence-corrected chi connectivity index (χ3v) is 3.62. The lowest BCUT2D eigenvalue weighted by atomic mass is 10.0. The zero-order valence-electron chi connectivity index (χ0n) is 12.2. The molecule has 110 valence electrons. The van der Waals surface area contributed by atoms with Gasteiger partial charge in [0.15, 0.2) is 0 Å². The van der Waals surface area contributed by atoms with E-state index in [2.05, 4.69) is 34.0 Å². The molecule has 2 rings (SSSR count). The highest BCUT2D eigenvalue weighted by molar-refractivity contribution is 5.60. The van der Waals surface area contributed by atoms with Gasteiger partial charge in [0, 0.05) is 19.1 Å². The molecule has 0 amide bonds. The van der Waals surface area contributed by atoms with E-state index in [4.69, 9.17) is 0 Å². The molecular formula is C13H21N5O2. The monoisotopic (exact) mass is 279 g/mol. The molecule has 0 radical (unpaired) electrons. The van der Waals surface area contributed by atoms with Crippen molar-refractivity contribution in [1.29, 1.82) is 0 Å². The van der Waals surface area contributed by atoms with Crippen molar-refractivity contribution in [2.75, 3.05) is 23.3 Å². The zero-order valence-corrected chi connectivity index (χ0v) is 12.2. The van der Waals surface area contributed by atoms with Crippen LogP contribution in [0.1, 0.15) is 33.6 Å². The van der Waals surface area contributed by atoms with Crippen LogP contribution in [-0.4, -0.2) is 34.0 Å². The Balaban J connectivity index is 2.41. The van der Waals surface area contributed by atoms with Gasteiger partial charge in [0.25, 0.3) is 0 Å². The van der Waals surface area contributed by atoms with Crippen LogP contribution in [0.3, 0.4) is 0 Å². The first-order chi connectivity index (χ1) is 9.54. The summed E-state index contributed by atoms with van der Waals surface area (Å²) < 4.78 is 0. The van der Waals surface area contributed by atoms with Crippen molar-refractivity contribution in [1.82, 2.24) is 9.97 Å². The van der Waals surface area contributed by atoms with Gasteiger partial charge < -0.3 is 10.2 Å². The molecule has 2 heterocycles. The molecule has 1 atom stereocenters. The van der Waals surface area contributed by atoms with Gasteiger partial charge in [-0.1, -0.05) is 13.8 Å². The highest BCUT2D eigenvalue weighted by Crippen LogP contribution is 2.34. The Labute approximate surface area is 118 Å². The smallest absolute Gasteiger partial charge is 0.329 e. The fourth-order valence-electron chi connectivity index (χ4n) is 2.70. The Morgan fingerprint density at radius 1 is 1.60 bits per heavy atom. The van der Waals surface area contributed by atoms with Gasteiger partial charge in [-0.15, -0.1) is 0 Å². The number of rotatable bonds is 5. The van der Waals surface area contributed by atoms with Crippen LogP contribution in [0.4, 0.5) is 17.5 Å². The van der Waals surface area contributed by atoms with E-state index in [1.807, 2.05) is 6.92 Å². The summed E-state index contributed by atoms with van der Waals surface area (Å²) in [4.78, 5) is 21.2. The number of aromatic nitrogens is 2. The molecule has 7 heteroatoms. The largest absolute Gasteiger partial charge is 0.354 e. The van der Waals surface area contributed by atoms with Crippen LogP contribution in [0.2, 0.25) is 0 Å². The maximum atomic E-state index is 11.2. The van der Waals surface area contributed by atoms with Gasteiger partial charge in [0.2, 0.25) is 11.8 Å². The summed E-state index contributed by atoms with van der Waals surface area (Å²) in [5.74, 6) is 1.33. The topological polar surface area (TPSA) is 84.2 Å². The van der Waals surface area contributed by atoms with E-state index in [0.29, 0.717) is 30.3 Å². The van der Waals surface area contributed by atoms with Crippen molar-refractivity contribution in [2.24, 2.45) is 5.92 Å². The summed E-state index contributed by atoms with van der Waals surface area (Å²) in [7, 11) is 0. The van der Waals surface area contributed by atoms with Gasteiger partial charge in [-0.3, -0.25) is 10.1 Å². The van der Waals surface area contributed by atoms with Crippen molar-refractivity contribution < 1.29 is 4.92 Å². The van der Waals surface area contributed by atoms with E-state index in [1.54, 1.807) is 0 Å². The van der Waals surface area contributed by atoms with E-state index >= 15 is 0 Å². The molecule has 1 fully saturated rings. The fraction of sp³-hybridized carbons (Fsp3) is 0.692. The molecule has 1 aromatic heterocycles. The average Bonchev–Trinajstić information content (AvgIpc) is 2.88. The van der Waals surface area contributed by atoms with Gasteiger partial charge in [-0.25, -0.2) is 4.98 Å². The molecule has 0 bridgehead atoms. The maximum absolute atomic E-state index is 11.2. The quantitative estimate of drug-likeness (QED) is 0.658. The Kier molecular flexibility index (Phi) is 4.36. The second-order valence-corrected chi connectivity index (χ2v) is 5.34. The van der Waals surface area contributed by atoms with Crippen LogP contribution in [0.15, 0.2) is 6.20 Å². The van der Waals surface area contributed by atoms with E-state index in [9.17, 15) is 10.1 Å². The van der Waals surface area contributed by atoms with Gasteiger partial charge in [-0.2, -0.15) is 4.98 Å². The van der Waals surface area contributed by atoms with Crippen LogP contribution < -0.4 is 10.2 Å². The summed E-state index contributed by atoms with van der Waals surface area (Å²) >= 11 is 0. The van der Waals surface area contributed by atoms with Gasteiger partial charge in [-0.05, 0) is 25.7 Å². The van der Waals surface area contributed by atoms with E-state index in [1.165, 1.54) is 6.20 Å². The second kappa shape index (κ2) is 6.02. The van der Waals surface area contributed by atoms with Crippen LogP contribution in [-0.2, 0) is 0 Å². The number of hydrogen-bond donors (Lipinski definition) is 1. The highest BCUT2D eigenvalue weighted by Gasteiger charge is 2.33.